The van der Waals surface area contributed by atoms with Crippen LogP contribution in [0.2, 0.25) is 0 Å². The molecule has 2 amide bonds. The lowest BCUT2D eigenvalue weighted by molar-refractivity contribution is -0.138. The number of hydrogen-bond acceptors (Lipinski definition) is 4. The Hall–Kier alpha value is -2.67. The first kappa shape index (κ1) is 19.4. The summed E-state index contributed by atoms with van der Waals surface area (Å²) in [5.41, 5.74) is 0.883. The van der Waals surface area contributed by atoms with E-state index >= 15 is 0 Å². The highest BCUT2D eigenvalue weighted by molar-refractivity contribution is 5.97. The molecule has 1 atom stereocenters. The van der Waals surface area contributed by atoms with Gasteiger partial charge < -0.3 is 20.5 Å². The molecule has 0 aliphatic rings. The smallest absolute Gasteiger partial charge is 0.325 e. The fraction of sp³-hybridized carbons (Fsp3) is 0.353. The number of anilines is 1. The zero-order valence-corrected chi connectivity index (χ0v) is 13.6. The van der Waals surface area contributed by atoms with Crippen molar-refractivity contribution in [2.24, 2.45) is 0 Å². The van der Waals surface area contributed by atoms with E-state index in [0.29, 0.717) is 37.3 Å². The van der Waals surface area contributed by atoms with Gasteiger partial charge in [-0.25, -0.2) is 0 Å². The molecule has 0 saturated carbocycles. The Morgan fingerprint density at radius 2 is 1.96 bits per heavy atom. The van der Waals surface area contributed by atoms with E-state index in [0.717, 1.165) is 0 Å². The fourth-order valence-electron chi connectivity index (χ4n) is 1.77. The maximum atomic E-state index is 11.8. The summed E-state index contributed by atoms with van der Waals surface area (Å²) in [4.78, 5) is 34.3. The molecule has 7 nitrogen and oxygen atoms in total. The second-order valence-corrected chi connectivity index (χ2v) is 5.13. The number of nitrogens with one attached hydrogen (secondary N) is 2. The highest BCUT2D eigenvalue weighted by Crippen LogP contribution is 2.10. The molecule has 130 valence electrons. The molecule has 1 aromatic rings. The van der Waals surface area contributed by atoms with Crippen molar-refractivity contribution >= 4 is 23.5 Å². The minimum atomic E-state index is -1.11. The molecule has 1 rings (SSSR count). The predicted octanol–water partition coefficient (Wildman–Crippen LogP) is 1.81. The lowest BCUT2D eigenvalue weighted by Crippen LogP contribution is -2.38. The molecule has 7 heteroatoms. The second kappa shape index (κ2) is 10.2. The van der Waals surface area contributed by atoms with Gasteiger partial charge in [-0.1, -0.05) is 6.08 Å². The molecule has 0 radical (unpaired) electrons. The van der Waals surface area contributed by atoms with Crippen LogP contribution in [-0.2, 0) is 14.3 Å². The quantitative estimate of drug-likeness (QED) is 0.447. The summed E-state index contributed by atoms with van der Waals surface area (Å²) >= 11 is 0. The van der Waals surface area contributed by atoms with E-state index in [2.05, 4.69) is 17.2 Å². The summed E-state index contributed by atoms with van der Waals surface area (Å²) in [6.07, 6.45) is 2.58. The van der Waals surface area contributed by atoms with Gasteiger partial charge in [-0.15, -0.1) is 6.58 Å². The summed E-state index contributed by atoms with van der Waals surface area (Å²) in [6, 6.07) is 5.25. The zero-order valence-electron chi connectivity index (χ0n) is 13.6. The van der Waals surface area contributed by atoms with Crippen molar-refractivity contribution in [3.05, 3.63) is 42.5 Å². The number of aliphatic carboxylic acids is 1. The Labute approximate surface area is 140 Å². The van der Waals surface area contributed by atoms with Gasteiger partial charge >= 0.3 is 5.97 Å². The SMILES string of the molecule is C=CCOCCCC(=O)Nc1ccc(C(=O)NC(C)C(=O)O)cc1. The maximum absolute atomic E-state index is 11.8. The molecular weight excluding hydrogens is 312 g/mol. The lowest BCUT2D eigenvalue weighted by Gasteiger charge is -2.10. The van der Waals surface area contributed by atoms with Gasteiger partial charge in [-0.2, -0.15) is 0 Å². The number of benzene rings is 1. The number of hydrogen-bond donors (Lipinski definition) is 3. The summed E-state index contributed by atoms with van der Waals surface area (Å²) in [6.45, 7) is 5.86. The number of carbonyl (C=O) groups is 3. The minimum absolute atomic E-state index is 0.145. The van der Waals surface area contributed by atoms with Crippen molar-refractivity contribution in [3.63, 3.8) is 0 Å². The number of rotatable bonds is 10. The molecule has 0 bridgehead atoms. The van der Waals surface area contributed by atoms with Crippen LogP contribution in [0.15, 0.2) is 36.9 Å². The number of carbonyl (C=O) groups excluding carboxylic acids is 2. The Balaban J connectivity index is 2.43. The van der Waals surface area contributed by atoms with E-state index < -0.39 is 17.9 Å². The molecule has 0 fully saturated rings. The van der Waals surface area contributed by atoms with E-state index in [1.54, 1.807) is 18.2 Å². The summed E-state index contributed by atoms with van der Waals surface area (Å²) in [5.74, 6) is -1.74. The molecule has 0 spiro atoms. The van der Waals surface area contributed by atoms with Crippen molar-refractivity contribution in [1.29, 1.82) is 0 Å². The first-order valence-electron chi connectivity index (χ1n) is 7.56. The summed E-state index contributed by atoms with van der Waals surface area (Å²) in [7, 11) is 0. The van der Waals surface area contributed by atoms with E-state index in [9.17, 15) is 14.4 Å². The van der Waals surface area contributed by atoms with Crippen molar-refractivity contribution in [2.75, 3.05) is 18.5 Å². The third-order valence-electron chi connectivity index (χ3n) is 3.08. The lowest BCUT2D eigenvalue weighted by atomic mass is 10.1. The van der Waals surface area contributed by atoms with Crippen LogP contribution in [0.4, 0.5) is 5.69 Å². The summed E-state index contributed by atoms with van der Waals surface area (Å²) < 4.78 is 5.19. The van der Waals surface area contributed by atoms with Crippen LogP contribution in [0.1, 0.15) is 30.1 Å². The Morgan fingerprint density at radius 1 is 1.29 bits per heavy atom. The average Bonchev–Trinajstić information content (AvgIpc) is 2.55. The molecular formula is C17H22N2O5. The van der Waals surface area contributed by atoms with Crippen LogP contribution in [0.5, 0.6) is 0 Å². The van der Waals surface area contributed by atoms with Gasteiger partial charge in [0.15, 0.2) is 0 Å². The molecule has 0 aliphatic carbocycles. The van der Waals surface area contributed by atoms with Crippen LogP contribution in [-0.4, -0.2) is 42.1 Å². The van der Waals surface area contributed by atoms with Crippen LogP contribution in [0.25, 0.3) is 0 Å². The fourth-order valence-corrected chi connectivity index (χ4v) is 1.77. The van der Waals surface area contributed by atoms with Crippen LogP contribution in [0, 0.1) is 0 Å². The standard InChI is InChI=1S/C17H22N2O5/c1-3-10-24-11-4-5-15(20)19-14-8-6-13(7-9-14)16(21)18-12(2)17(22)23/h3,6-9,12H,1,4-5,10-11H2,2H3,(H,18,21)(H,19,20)(H,22,23). The molecule has 1 aromatic carbocycles. The van der Waals surface area contributed by atoms with Crippen LogP contribution < -0.4 is 10.6 Å². The van der Waals surface area contributed by atoms with Crippen molar-refractivity contribution in [3.8, 4) is 0 Å². The molecule has 24 heavy (non-hydrogen) atoms. The number of carboxylic acids is 1. The number of ether oxygens (including phenoxy) is 1. The highest BCUT2D eigenvalue weighted by atomic mass is 16.5. The van der Waals surface area contributed by atoms with E-state index in [1.807, 2.05) is 0 Å². The first-order valence-corrected chi connectivity index (χ1v) is 7.56. The van der Waals surface area contributed by atoms with E-state index in [1.165, 1.54) is 19.1 Å². The molecule has 0 saturated heterocycles. The Bertz CT molecular complexity index is 583. The maximum Gasteiger partial charge on any atom is 0.325 e. The van der Waals surface area contributed by atoms with Crippen molar-refractivity contribution in [1.82, 2.24) is 5.32 Å². The monoisotopic (exact) mass is 334 g/mol. The molecule has 0 heterocycles. The van der Waals surface area contributed by atoms with Gasteiger partial charge in [0.05, 0.1) is 6.61 Å². The topological polar surface area (TPSA) is 105 Å². The third-order valence-corrected chi connectivity index (χ3v) is 3.08. The van der Waals surface area contributed by atoms with Crippen molar-refractivity contribution < 1.29 is 24.2 Å². The Morgan fingerprint density at radius 3 is 2.54 bits per heavy atom. The predicted molar refractivity (Wildman–Crippen MR) is 89.9 cm³/mol. The Kier molecular flexibility index (Phi) is 8.21. The zero-order chi connectivity index (χ0) is 17.9. The molecule has 0 aliphatic heterocycles. The number of carboxylic acid groups (broad SMARTS) is 1. The van der Waals surface area contributed by atoms with Gasteiger partial charge in [-0.3, -0.25) is 14.4 Å². The van der Waals surface area contributed by atoms with Crippen molar-refractivity contribution in [2.45, 2.75) is 25.8 Å². The molecule has 1 unspecified atom stereocenters. The molecule has 3 N–H and O–H groups in total. The van der Waals surface area contributed by atoms with Gasteiger partial charge in [0.25, 0.3) is 5.91 Å². The van der Waals surface area contributed by atoms with Gasteiger partial charge in [0, 0.05) is 24.3 Å². The minimum Gasteiger partial charge on any atom is -0.480 e. The molecule has 0 aromatic heterocycles. The van der Waals surface area contributed by atoms with E-state index in [-0.39, 0.29) is 5.91 Å². The van der Waals surface area contributed by atoms with Crippen LogP contribution in [0.3, 0.4) is 0 Å². The normalized spacial score (nSPS) is 11.4. The van der Waals surface area contributed by atoms with Gasteiger partial charge in [-0.05, 0) is 37.6 Å². The largest absolute Gasteiger partial charge is 0.480 e. The number of amides is 2. The van der Waals surface area contributed by atoms with Gasteiger partial charge in [0.2, 0.25) is 5.91 Å². The van der Waals surface area contributed by atoms with E-state index in [4.69, 9.17) is 9.84 Å². The average molecular weight is 334 g/mol. The highest BCUT2D eigenvalue weighted by Gasteiger charge is 2.15. The first-order chi connectivity index (χ1) is 11.4. The second-order valence-electron chi connectivity index (χ2n) is 5.13. The third kappa shape index (κ3) is 7.06. The van der Waals surface area contributed by atoms with Crippen LogP contribution >= 0.6 is 0 Å². The summed E-state index contributed by atoms with van der Waals surface area (Å²) in [5, 5.41) is 13.8. The van der Waals surface area contributed by atoms with Gasteiger partial charge in [0.1, 0.15) is 6.04 Å².